The topological polar surface area (TPSA) is 37.3 Å². The van der Waals surface area contributed by atoms with Gasteiger partial charge in [0.05, 0.1) is 5.56 Å². The average Bonchev–Trinajstić information content (AvgIpc) is 2.46. The zero-order chi connectivity index (χ0) is 13.8. The molecule has 2 aromatic carbocycles. The summed E-state index contributed by atoms with van der Waals surface area (Å²) in [5, 5.41) is 9.04. The molecule has 0 atom stereocenters. The molecular weight excluding hydrogens is 236 g/mol. The van der Waals surface area contributed by atoms with Crippen molar-refractivity contribution in [3.05, 3.63) is 59.2 Å². The zero-order valence-corrected chi connectivity index (χ0v) is 11.3. The van der Waals surface area contributed by atoms with Crippen LogP contribution in [0.4, 0.5) is 0 Å². The van der Waals surface area contributed by atoms with Crippen molar-refractivity contribution in [1.29, 1.82) is 0 Å². The first-order valence-electron chi connectivity index (χ1n) is 6.61. The molecule has 0 saturated carbocycles. The van der Waals surface area contributed by atoms with Gasteiger partial charge in [0, 0.05) is 0 Å². The minimum absolute atomic E-state index is 0.329. The van der Waals surface area contributed by atoms with Gasteiger partial charge in [-0.15, -0.1) is 0 Å². The summed E-state index contributed by atoms with van der Waals surface area (Å²) in [6, 6.07) is 13.5. The number of carboxylic acid groups (broad SMARTS) is 1. The molecule has 2 rings (SSSR count). The van der Waals surface area contributed by atoms with Crippen molar-refractivity contribution in [1.82, 2.24) is 0 Å². The van der Waals surface area contributed by atoms with E-state index >= 15 is 0 Å². The van der Waals surface area contributed by atoms with E-state index in [1.807, 2.05) is 6.07 Å². The van der Waals surface area contributed by atoms with E-state index < -0.39 is 5.97 Å². The van der Waals surface area contributed by atoms with E-state index in [1.165, 1.54) is 11.1 Å². The van der Waals surface area contributed by atoms with E-state index in [1.54, 1.807) is 18.2 Å². The quantitative estimate of drug-likeness (QED) is 0.888. The van der Waals surface area contributed by atoms with Crippen molar-refractivity contribution in [2.75, 3.05) is 0 Å². The number of rotatable bonds is 4. The fourth-order valence-electron chi connectivity index (χ4n) is 2.31. The Morgan fingerprint density at radius 1 is 0.947 bits per heavy atom. The lowest BCUT2D eigenvalue weighted by Crippen LogP contribution is -1.96. The van der Waals surface area contributed by atoms with E-state index in [-0.39, 0.29) is 0 Å². The van der Waals surface area contributed by atoms with E-state index in [0.717, 1.165) is 24.0 Å². The van der Waals surface area contributed by atoms with Crippen LogP contribution < -0.4 is 0 Å². The summed E-state index contributed by atoms with van der Waals surface area (Å²) in [6.07, 6.45) is 2.02. The molecular formula is C17H18O2. The van der Waals surface area contributed by atoms with Crippen LogP contribution in [0.1, 0.15) is 35.3 Å². The summed E-state index contributed by atoms with van der Waals surface area (Å²) >= 11 is 0. The van der Waals surface area contributed by atoms with Gasteiger partial charge in [-0.3, -0.25) is 0 Å². The Morgan fingerprint density at radius 3 is 2.26 bits per heavy atom. The predicted molar refractivity (Wildman–Crippen MR) is 77.6 cm³/mol. The summed E-state index contributed by atoms with van der Waals surface area (Å²) in [5.41, 5.74) is 5.06. The number of benzene rings is 2. The van der Waals surface area contributed by atoms with Gasteiger partial charge in [-0.2, -0.15) is 0 Å². The second kappa shape index (κ2) is 5.70. The lowest BCUT2D eigenvalue weighted by Gasteiger charge is -2.09. The Hall–Kier alpha value is -2.09. The van der Waals surface area contributed by atoms with Gasteiger partial charge in [0.15, 0.2) is 0 Å². The van der Waals surface area contributed by atoms with Crippen LogP contribution in [0.25, 0.3) is 11.1 Å². The van der Waals surface area contributed by atoms with Gasteiger partial charge in [0.2, 0.25) is 0 Å². The van der Waals surface area contributed by atoms with Crippen LogP contribution in [-0.4, -0.2) is 11.1 Å². The highest BCUT2D eigenvalue weighted by molar-refractivity contribution is 5.89. The molecule has 0 aliphatic heterocycles. The SMILES string of the molecule is CCc1ccc(-c2cccc(C(=O)O)c2)cc1CC. The van der Waals surface area contributed by atoms with Crippen molar-refractivity contribution in [2.24, 2.45) is 0 Å². The fraction of sp³-hybridized carbons (Fsp3) is 0.235. The standard InChI is InChI=1S/C17H18O2/c1-3-12-8-9-15(10-13(12)4-2)14-6-5-7-16(11-14)17(18)19/h5-11H,3-4H2,1-2H3,(H,18,19). The summed E-state index contributed by atoms with van der Waals surface area (Å²) in [7, 11) is 0. The maximum absolute atomic E-state index is 11.0. The van der Waals surface area contributed by atoms with E-state index in [2.05, 4.69) is 32.0 Å². The van der Waals surface area contributed by atoms with Gasteiger partial charge < -0.3 is 5.11 Å². The molecule has 2 heteroatoms. The van der Waals surface area contributed by atoms with Crippen LogP contribution in [0.5, 0.6) is 0 Å². The monoisotopic (exact) mass is 254 g/mol. The molecule has 0 fully saturated rings. The first-order chi connectivity index (χ1) is 9.15. The van der Waals surface area contributed by atoms with Crippen molar-refractivity contribution in [2.45, 2.75) is 26.7 Å². The maximum Gasteiger partial charge on any atom is 0.335 e. The van der Waals surface area contributed by atoms with Crippen LogP contribution in [0.15, 0.2) is 42.5 Å². The van der Waals surface area contributed by atoms with E-state index in [4.69, 9.17) is 5.11 Å². The van der Waals surface area contributed by atoms with Crippen molar-refractivity contribution >= 4 is 5.97 Å². The normalized spacial score (nSPS) is 10.4. The molecule has 0 spiro atoms. The predicted octanol–water partition coefficient (Wildman–Crippen LogP) is 4.18. The number of aromatic carboxylic acids is 1. The van der Waals surface area contributed by atoms with Crippen LogP contribution in [0.2, 0.25) is 0 Å². The molecule has 0 radical (unpaired) electrons. The van der Waals surface area contributed by atoms with Gasteiger partial charge in [-0.25, -0.2) is 4.79 Å². The molecule has 0 heterocycles. The molecule has 2 aromatic rings. The van der Waals surface area contributed by atoms with E-state index in [0.29, 0.717) is 5.56 Å². The summed E-state index contributed by atoms with van der Waals surface area (Å²) in [5.74, 6) is -0.886. The zero-order valence-electron chi connectivity index (χ0n) is 11.3. The third kappa shape index (κ3) is 2.84. The number of hydrogen-bond donors (Lipinski definition) is 1. The lowest BCUT2D eigenvalue weighted by molar-refractivity contribution is 0.0697. The second-order valence-corrected chi connectivity index (χ2v) is 4.58. The number of aryl methyl sites for hydroxylation is 2. The molecule has 0 aromatic heterocycles. The third-order valence-corrected chi connectivity index (χ3v) is 3.41. The molecule has 0 unspecified atom stereocenters. The Labute approximate surface area is 113 Å². The van der Waals surface area contributed by atoms with Crippen molar-refractivity contribution in [3.63, 3.8) is 0 Å². The first kappa shape index (κ1) is 13.3. The Morgan fingerprint density at radius 2 is 1.63 bits per heavy atom. The second-order valence-electron chi connectivity index (χ2n) is 4.58. The first-order valence-corrected chi connectivity index (χ1v) is 6.61. The van der Waals surface area contributed by atoms with Crippen LogP contribution in [-0.2, 0) is 12.8 Å². The highest BCUT2D eigenvalue weighted by atomic mass is 16.4. The highest BCUT2D eigenvalue weighted by Crippen LogP contribution is 2.24. The van der Waals surface area contributed by atoms with Crippen LogP contribution >= 0.6 is 0 Å². The molecule has 0 amide bonds. The van der Waals surface area contributed by atoms with Crippen LogP contribution in [0, 0.1) is 0 Å². The smallest absolute Gasteiger partial charge is 0.335 e. The maximum atomic E-state index is 11.0. The number of carboxylic acids is 1. The van der Waals surface area contributed by atoms with Gasteiger partial charge in [0.25, 0.3) is 0 Å². The third-order valence-electron chi connectivity index (χ3n) is 3.41. The molecule has 19 heavy (non-hydrogen) atoms. The Bertz CT molecular complexity index is 600. The molecule has 0 saturated heterocycles. The Kier molecular flexibility index (Phi) is 4.00. The van der Waals surface area contributed by atoms with Crippen molar-refractivity contribution < 1.29 is 9.90 Å². The molecule has 0 bridgehead atoms. The minimum Gasteiger partial charge on any atom is -0.478 e. The van der Waals surface area contributed by atoms with E-state index in [9.17, 15) is 4.79 Å². The largest absolute Gasteiger partial charge is 0.478 e. The molecule has 1 N–H and O–H groups in total. The molecule has 98 valence electrons. The van der Waals surface area contributed by atoms with Gasteiger partial charge in [0.1, 0.15) is 0 Å². The highest BCUT2D eigenvalue weighted by Gasteiger charge is 2.06. The summed E-state index contributed by atoms with van der Waals surface area (Å²) < 4.78 is 0. The number of carbonyl (C=O) groups is 1. The summed E-state index contributed by atoms with van der Waals surface area (Å²) in [6.45, 7) is 4.30. The minimum atomic E-state index is -0.886. The van der Waals surface area contributed by atoms with Gasteiger partial charge >= 0.3 is 5.97 Å². The van der Waals surface area contributed by atoms with Crippen molar-refractivity contribution in [3.8, 4) is 11.1 Å². The average molecular weight is 254 g/mol. The molecule has 0 aliphatic carbocycles. The Balaban J connectivity index is 2.47. The van der Waals surface area contributed by atoms with Gasteiger partial charge in [-0.05, 0) is 47.2 Å². The summed E-state index contributed by atoms with van der Waals surface area (Å²) in [4.78, 5) is 11.0. The van der Waals surface area contributed by atoms with Crippen LogP contribution in [0.3, 0.4) is 0 Å². The molecule has 2 nitrogen and oxygen atoms in total. The lowest BCUT2D eigenvalue weighted by atomic mass is 9.96. The molecule has 0 aliphatic rings. The fourth-order valence-corrected chi connectivity index (χ4v) is 2.31. The number of hydrogen-bond acceptors (Lipinski definition) is 1. The van der Waals surface area contributed by atoms with Gasteiger partial charge in [-0.1, -0.05) is 44.2 Å².